The van der Waals surface area contributed by atoms with Gasteiger partial charge in [0.1, 0.15) is 23.9 Å². The number of benzene rings is 3. The van der Waals surface area contributed by atoms with Crippen LogP contribution in [0.3, 0.4) is 0 Å². The highest BCUT2D eigenvalue weighted by molar-refractivity contribution is 5.85. The largest absolute Gasteiger partial charge is 0.493 e. The van der Waals surface area contributed by atoms with Gasteiger partial charge in [-0.1, -0.05) is 24.3 Å². The molecule has 0 amide bonds. The van der Waals surface area contributed by atoms with Crippen LogP contribution in [0.1, 0.15) is 28.8 Å². The Morgan fingerprint density at radius 3 is 2.44 bits per heavy atom. The standard InChI is InChI=1S/C27H23FN4O4/c1-33-20-13-12-18(25(34-2)26(20)35-3)24-21-22(17-6-4-5-7-19(17)36-24)31-27-29-14-30-32(27)23(21)15-8-10-16(28)11-9-15/h4-14,23-24H,1-3H3,(H,29,30,31)/t23-,24+/m1/s1. The lowest BCUT2D eigenvalue weighted by Gasteiger charge is -2.39. The van der Waals surface area contributed by atoms with Crippen LogP contribution in [-0.2, 0) is 0 Å². The van der Waals surface area contributed by atoms with Crippen LogP contribution < -0.4 is 24.3 Å². The summed E-state index contributed by atoms with van der Waals surface area (Å²) < 4.78 is 39.3. The number of hydrogen-bond acceptors (Lipinski definition) is 7. The third-order valence-electron chi connectivity index (χ3n) is 6.52. The molecule has 36 heavy (non-hydrogen) atoms. The van der Waals surface area contributed by atoms with E-state index in [1.807, 2.05) is 36.4 Å². The number of aromatic nitrogens is 3. The Labute approximate surface area is 206 Å². The molecule has 2 aliphatic heterocycles. The van der Waals surface area contributed by atoms with Crippen molar-refractivity contribution in [3.05, 3.63) is 95.1 Å². The Bertz CT molecular complexity index is 1480. The van der Waals surface area contributed by atoms with Gasteiger partial charge in [-0.3, -0.25) is 0 Å². The van der Waals surface area contributed by atoms with E-state index in [0.717, 1.165) is 28.0 Å². The maximum absolute atomic E-state index is 13.9. The Morgan fingerprint density at radius 1 is 0.917 bits per heavy atom. The highest BCUT2D eigenvalue weighted by Crippen LogP contribution is 2.53. The molecule has 4 aromatic rings. The summed E-state index contributed by atoms with van der Waals surface area (Å²) in [5.74, 6) is 2.47. The Balaban J connectivity index is 1.64. The minimum absolute atomic E-state index is 0.316. The van der Waals surface area contributed by atoms with E-state index in [4.69, 9.17) is 18.9 Å². The number of para-hydroxylation sites is 1. The predicted octanol–water partition coefficient (Wildman–Crippen LogP) is 5.00. The maximum Gasteiger partial charge on any atom is 0.226 e. The summed E-state index contributed by atoms with van der Waals surface area (Å²) in [6.07, 6.45) is 0.903. The van der Waals surface area contributed by atoms with Gasteiger partial charge in [0.2, 0.25) is 11.7 Å². The van der Waals surface area contributed by atoms with E-state index in [9.17, 15) is 4.39 Å². The molecule has 0 saturated heterocycles. The first-order chi connectivity index (χ1) is 17.6. The van der Waals surface area contributed by atoms with Gasteiger partial charge in [0.05, 0.1) is 27.0 Å². The summed E-state index contributed by atoms with van der Waals surface area (Å²) in [6, 6.07) is 17.5. The molecule has 1 N–H and O–H groups in total. The van der Waals surface area contributed by atoms with E-state index in [-0.39, 0.29) is 5.82 Å². The molecule has 0 bridgehead atoms. The molecule has 0 aliphatic carbocycles. The zero-order valence-corrected chi connectivity index (χ0v) is 19.9. The normalized spacial score (nSPS) is 17.8. The van der Waals surface area contributed by atoms with Crippen LogP contribution in [0, 0.1) is 5.82 Å². The number of ether oxygens (including phenoxy) is 4. The van der Waals surface area contributed by atoms with Gasteiger partial charge < -0.3 is 24.3 Å². The molecule has 182 valence electrons. The summed E-state index contributed by atoms with van der Waals surface area (Å²) >= 11 is 0. The van der Waals surface area contributed by atoms with E-state index in [2.05, 4.69) is 15.4 Å². The van der Waals surface area contributed by atoms with Gasteiger partial charge >= 0.3 is 0 Å². The molecule has 0 unspecified atom stereocenters. The van der Waals surface area contributed by atoms with E-state index >= 15 is 0 Å². The summed E-state index contributed by atoms with van der Waals surface area (Å²) in [4.78, 5) is 4.43. The molecule has 2 aliphatic rings. The van der Waals surface area contributed by atoms with Gasteiger partial charge in [-0.05, 0) is 42.0 Å². The molecular weight excluding hydrogens is 463 g/mol. The monoisotopic (exact) mass is 486 g/mol. The van der Waals surface area contributed by atoms with E-state index in [1.54, 1.807) is 38.1 Å². The number of halogens is 1. The molecule has 8 nitrogen and oxygen atoms in total. The third kappa shape index (κ3) is 3.27. The van der Waals surface area contributed by atoms with Crippen molar-refractivity contribution in [1.82, 2.24) is 14.8 Å². The fourth-order valence-electron chi connectivity index (χ4n) is 4.97. The van der Waals surface area contributed by atoms with Gasteiger partial charge in [0, 0.05) is 16.7 Å². The molecule has 9 heteroatoms. The summed E-state index contributed by atoms with van der Waals surface area (Å²) in [7, 11) is 4.73. The van der Waals surface area contributed by atoms with Crippen molar-refractivity contribution in [1.29, 1.82) is 0 Å². The first kappa shape index (κ1) is 22.0. The molecule has 0 spiro atoms. The third-order valence-corrected chi connectivity index (χ3v) is 6.52. The second-order valence-electron chi connectivity index (χ2n) is 8.36. The van der Waals surface area contributed by atoms with Gasteiger partial charge in [-0.2, -0.15) is 10.1 Å². The van der Waals surface area contributed by atoms with Crippen LogP contribution in [0.15, 0.2) is 72.6 Å². The highest BCUT2D eigenvalue weighted by atomic mass is 19.1. The van der Waals surface area contributed by atoms with Crippen molar-refractivity contribution in [3.8, 4) is 23.0 Å². The number of methoxy groups -OCH3 is 3. The summed E-state index contributed by atoms with van der Waals surface area (Å²) in [6.45, 7) is 0. The van der Waals surface area contributed by atoms with E-state index < -0.39 is 12.1 Å². The predicted molar refractivity (Wildman–Crippen MR) is 131 cm³/mol. The number of hydrogen-bond donors (Lipinski definition) is 1. The molecule has 1 aromatic heterocycles. The van der Waals surface area contributed by atoms with Crippen LogP contribution in [0.4, 0.5) is 10.3 Å². The van der Waals surface area contributed by atoms with Crippen LogP contribution in [-0.4, -0.2) is 36.1 Å². The van der Waals surface area contributed by atoms with Gasteiger partial charge in [-0.15, -0.1) is 0 Å². The Kier molecular flexibility index (Phi) is 5.25. The van der Waals surface area contributed by atoms with Crippen LogP contribution in [0.2, 0.25) is 0 Å². The average molecular weight is 487 g/mol. The van der Waals surface area contributed by atoms with Gasteiger partial charge in [0.15, 0.2) is 17.6 Å². The fraction of sp³-hybridized carbons (Fsp3) is 0.185. The SMILES string of the molecule is COc1ccc([C@@H]2Oc3ccccc3C3=C2[C@@H](c2ccc(F)cc2)n2ncnc2N3)c(OC)c1OC. The first-order valence-electron chi connectivity index (χ1n) is 11.4. The highest BCUT2D eigenvalue weighted by Gasteiger charge is 2.42. The number of rotatable bonds is 5. The molecule has 3 heterocycles. The zero-order valence-electron chi connectivity index (χ0n) is 19.9. The van der Waals surface area contributed by atoms with Crippen molar-refractivity contribution in [2.24, 2.45) is 0 Å². The minimum atomic E-state index is -0.593. The second-order valence-corrected chi connectivity index (χ2v) is 8.36. The van der Waals surface area contributed by atoms with Crippen LogP contribution >= 0.6 is 0 Å². The van der Waals surface area contributed by atoms with Crippen LogP contribution in [0.5, 0.6) is 23.0 Å². The summed E-state index contributed by atoms with van der Waals surface area (Å²) in [5, 5.41) is 7.95. The van der Waals surface area contributed by atoms with Crippen molar-refractivity contribution in [3.63, 3.8) is 0 Å². The van der Waals surface area contributed by atoms with Crippen molar-refractivity contribution in [2.45, 2.75) is 12.1 Å². The molecule has 0 radical (unpaired) electrons. The van der Waals surface area contributed by atoms with Crippen molar-refractivity contribution < 1.29 is 23.3 Å². The molecule has 2 atom stereocenters. The Morgan fingerprint density at radius 2 is 1.69 bits per heavy atom. The lowest BCUT2D eigenvalue weighted by molar-refractivity contribution is 0.215. The fourth-order valence-corrected chi connectivity index (χ4v) is 4.97. The van der Waals surface area contributed by atoms with Crippen LogP contribution in [0.25, 0.3) is 5.70 Å². The van der Waals surface area contributed by atoms with E-state index in [0.29, 0.717) is 28.9 Å². The number of nitrogens with zero attached hydrogens (tertiary/aromatic N) is 3. The minimum Gasteiger partial charge on any atom is -0.493 e. The topological polar surface area (TPSA) is 79.7 Å². The lowest BCUT2D eigenvalue weighted by atomic mass is 9.84. The number of nitrogens with one attached hydrogen (secondary N) is 1. The van der Waals surface area contributed by atoms with Crippen molar-refractivity contribution in [2.75, 3.05) is 26.6 Å². The molecular formula is C27H23FN4O4. The molecule has 6 rings (SSSR count). The van der Waals surface area contributed by atoms with Gasteiger partial charge in [-0.25, -0.2) is 9.07 Å². The molecule has 3 aromatic carbocycles. The Hall–Kier alpha value is -4.53. The smallest absolute Gasteiger partial charge is 0.226 e. The quantitative estimate of drug-likeness (QED) is 0.425. The lowest BCUT2D eigenvalue weighted by Crippen LogP contribution is -2.32. The zero-order chi connectivity index (χ0) is 24.8. The number of anilines is 1. The van der Waals surface area contributed by atoms with Crippen molar-refractivity contribution >= 4 is 11.6 Å². The molecule has 0 saturated carbocycles. The van der Waals surface area contributed by atoms with Gasteiger partial charge in [0.25, 0.3) is 0 Å². The summed E-state index contributed by atoms with van der Waals surface area (Å²) in [5.41, 5.74) is 4.21. The van der Waals surface area contributed by atoms with E-state index in [1.165, 1.54) is 18.5 Å². The second kappa shape index (κ2) is 8.60. The average Bonchev–Trinajstić information content (AvgIpc) is 3.39. The molecule has 0 fully saturated rings. The maximum atomic E-state index is 13.9. The number of fused-ring (bicyclic) bond motifs is 3. The first-order valence-corrected chi connectivity index (χ1v) is 11.4.